The normalized spacial score (nSPS) is 22.2. The van der Waals surface area contributed by atoms with Gasteiger partial charge >= 0.3 is 0 Å². The van der Waals surface area contributed by atoms with Crippen molar-refractivity contribution in [3.05, 3.63) is 17.5 Å². The molecule has 2 fully saturated rings. The van der Waals surface area contributed by atoms with Gasteiger partial charge in [0.05, 0.1) is 6.20 Å². The first-order valence-electron chi connectivity index (χ1n) is 12.2. The molecule has 0 atom stereocenters. The van der Waals surface area contributed by atoms with Gasteiger partial charge in [-0.25, -0.2) is 0 Å². The molecule has 2 heterocycles. The zero-order valence-electron chi connectivity index (χ0n) is 19.8. The molecule has 1 aromatic rings. The van der Waals surface area contributed by atoms with Gasteiger partial charge in [0, 0.05) is 55.9 Å². The van der Waals surface area contributed by atoms with Crippen molar-refractivity contribution in [3.8, 4) is 0 Å². The van der Waals surface area contributed by atoms with Crippen molar-refractivity contribution in [3.63, 3.8) is 0 Å². The zero-order valence-corrected chi connectivity index (χ0v) is 19.8. The molecule has 170 valence electrons. The van der Waals surface area contributed by atoms with E-state index in [1.807, 2.05) is 6.20 Å². The number of amides is 1. The third kappa shape index (κ3) is 5.85. The van der Waals surface area contributed by atoms with Crippen LogP contribution >= 0.6 is 0 Å². The maximum absolute atomic E-state index is 12.9. The summed E-state index contributed by atoms with van der Waals surface area (Å²) in [6, 6.07) is 0. The minimum absolute atomic E-state index is 0.0701. The number of hydrogen-bond donors (Lipinski definition) is 1. The lowest BCUT2D eigenvalue weighted by atomic mass is 9.77. The maximum atomic E-state index is 12.9. The van der Waals surface area contributed by atoms with Crippen LogP contribution in [0.5, 0.6) is 0 Å². The Hall–Kier alpha value is -1.40. The van der Waals surface area contributed by atoms with E-state index in [1.165, 1.54) is 43.4 Å². The molecule has 30 heavy (non-hydrogen) atoms. The fraction of sp³-hybridized carbons (Fsp3) is 0.833. The van der Waals surface area contributed by atoms with Crippen LogP contribution in [0.1, 0.15) is 77.0 Å². The first-order valence-corrected chi connectivity index (χ1v) is 12.2. The molecule has 1 saturated heterocycles. The molecule has 3 rings (SSSR count). The van der Waals surface area contributed by atoms with Crippen LogP contribution < -0.4 is 5.32 Å². The average Bonchev–Trinajstić information content (AvgIpc) is 3.05. The molecule has 1 amide bonds. The molecule has 0 unspecified atom stereocenters. The summed E-state index contributed by atoms with van der Waals surface area (Å²) in [5.41, 5.74) is 2.64. The highest BCUT2D eigenvalue weighted by molar-refractivity contribution is 5.77. The van der Waals surface area contributed by atoms with E-state index in [2.05, 4.69) is 52.6 Å². The molecule has 6 nitrogen and oxygen atoms in total. The van der Waals surface area contributed by atoms with Gasteiger partial charge < -0.3 is 5.32 Å². The van der Waals surface area contributed by atoms with Crippen LogP contribution in [0, 0.1) is 12.8 Å². The molecule has 1 aromatic heterocycles. The Kier molecular flexibility index (Phi) is 8.35. The van der Waals surface area contributed by atoms with Crippen molar-refractivity contribution >= 4 is 5.91 Å². The predicted molar refractivity (Wildman–Crippen MR) is 122 cm³/mol. The lowest BCUT2D eigenvalue weighted by molar-refractivity contribution is -0.125. The van der Waals surface area contributed by atoms with E-state index >= 15 is 0 Å². The average molecular weight is 418 g/mol. The topological polar surface area (TPSA) is 53.4 Å². The lowest BCUT2D eigenvalue weighted by Crippen LogP contribution is -2.54. The van der Waals surface area contributed by atoms with Gasteiger partial charge in [-0.2, -0.15) is 5.10 Å². The van der Waals surface area contributed by atoms with Crippen LogP contribution in [0.15, 0.2) is 6.20 Å². The van der Waals surface area contributed by atoms with Gasteiger partial charge in [-0.05, 0) is 52.1 Å². The number of hydrogen-bond acceptors (Lipinski definition) is 4. The Morgan fingerprint density at radius 2 is 1.90 bits per heavy atom. The van der Waals surface area contributed by atoms with Crippen molar-refractivity contribution in [1.29, 1.82) is 0 Å². The number of nitrogens with zero attached hydrogens (tertiary/aromatic N) is 4. The highest BCUT2D eigenvalue weighted by Gasteiger charge is 2.39. The monoisotopic (exact) mass is 417 g/mol. The Labute approximate surface area is 183 Å². The molecule has 0 radical (unpaired) electrons. The lowest BCUT2D eigenvalue weighted by Gasteiger charge is -2.47. The summed E-state index contributed by atoms with van der Waals surface area (Å²) in [7, 11) is 0. The van der Waals surface area contributed by atoms with Crippen LogP contribution in [-0.2, 0) is 17.9 Å². The van der Waals surface area contributed by atoms with E-state index in [0.717, 1.165) is 52.2 Å². The molecule has 1 saturated carbocycles. The smallest absolute Gasteiger partial charge is 0.221 e. The van der Waals surface area contributed by atoms with E-state index in [1.54, 1.807) is 0 Å². The van der Waals surface area contributed by atoms with Crippen LogP contribution in [0.2, 0.25) is 0 Å². The SMILES string of the molecule is CCn1ncc(CN2CCCN(CC(C)C)C3(CCCCC3)CC(=O)NCC2)c1C. The molecule has 0 aromatic carbocycles. The largest absolute Gasteiger partial charge is 0.355 e. The third-order valence-electron chi connectivity index (χ3n) is 7.08. The second-order valence-electron chi connectivity index (χ2n) is 9.85. The first kappa shape index (κ1) is 23.3. The van der Waals surface area contributed by atoms with Crippen LogP contribution in [0.25, 0.3) is 0 Å². The van der Waals surface area contributed by atoms with Gasteiger partial charge in [-0.3, -0.25) is 19.3 Å². The van der Waals surface area contributed by atoms with E-state index in [-0.39, 0.29) is 11.4 Å². The molecule has 0 bridgehead atoms. The summed E-state index contributed by atoms with van der Waals surface area (Å²) < 4.78 is 2.07. The standard InChI is InChI=1S/C24H43N5O/c1-5-29-21(4)22(17-26-29)19-27-13-9-14-28(18-20(2)3)24(10-7-6-8-11-24)16-23(30)25-12-15-27/h17,20H,5-16,18-19H2,1-4H3,(H,25,30). The minimum atomic E-state index is 0.0701. The number of aromatic nitrogens is 2. The number of rotatable bonds is 5. The second kappa shape index (κ2) is 10.8. The molecular weight excluding hydrogens is 374 g/mol. The van der Waals surface area contributed by atoms with Crippen molar-refractivity contribution in [2.75, 3.05) is 32.7 Å². The van der Waals surface area contributed by atoms with Crippen molar-refractivity contribution in [2.45, 2.75) is 91.3 Å². The quantitative estimate of drug-likeness (QED) is 0.796. The Morgan fingerprint density at radius 3 is 2.57 bits per heavy atom. The van der Waals surface area contributed by atoms with Gasteiger partial charge in [-0.1, -0.05) is 33.1 Å². The number of carbonyl (C=O) groups excluding carboxylic acids is 1. The molecular formula is C24H43N5O. The fourth-order valence-electron chi connectivity index (χ4n) is 5.45. The van der Waals surface area contributed by atoms with Crippen LogP contribution in [-0.4, -0.2) is 63.8 Å². The summed E-state index contributed by atoms with van der Waals surface area (Å²) in [6.07, 6.45) is 10.0. The van der Waals surface area contributed by atoms with Gasteiger partial charge in [-0.15, -0.1) is 0 Å². The summed E-state index contributed by atoms with van der Waals surface area (Å²) in [4.78, 5) is 18.1. The highest BCUT2D eigenvalue weighted by atomic mass is 16.1. The first-order chi connectivity index (χ1) is 14.4. The molecule has 1 aliphatic carbocycles. The maximum Gasteiger partial charge on any atom is 0.221 e. The van der Waals surface area contributed by atoms with Crippen LogP contribution in [0.4, 0.5) is 0 Å². The van der Waals surface area contributed by atoms with Crippen LogP contribution in [0.3, 0.4) is 0 Å². The van der Waals surface area contributed by atoms with Gasteiger partial charge in [0.2, 0.25) is 5.91 Å². The molecule has 6 heteroatoms. The van der Waals surface area contributed by atoms with E-state index in [4.69, 9.17) is 0 Å². The minimum Gasteiger partial charge on any atom is -0.355 e. The Balaban J connectivity index is 1.73. The number of carbonyl (C=O) groups is 1. The number of nitrogens with one attached hydrogen (secondary N) is 1. The Morgan fingerprint density at radius 1 is 1.13 bits per heavy atom. The van der Waals surface area contributed by atoms with Crippen molar-refractivity contribution in [2.24, 2.45) is 5.92 Å². The zero-order chi connectivity index (χ0) is 21.6. The summed E-state index contributed by atoms with van der Waals surface area (Å²) in [6.45, 7) is 15.6. The van der Waals surface area contributed by atoms with Gasteiger partial charge in [0.15, 0.2) is 0 Å². The fourth-order valence-corrected chi connectivity index (χ4v) is 5.45. The molecule has 1 aliphatic heterocycles. The van der Waals surface area contributed by atoms with Gasteiger partial charge in [0.1, 0.15) is 0 Å². The molecule has 1 spiro atoms. The summed E-state index contributed by atoms with van der Waals surface area (Å²) in [5.74, 6) is 0.859. The van der Waals surface area contributed by atoms with Gasteiger partial charge in [0.25, 0.3) is 0 Å². The highest BCUT2D eigenvalue weighted by Crippen LogP contribution is 2.37. The van der Waals surface area contributed by atoms with E-state index in [0.29, 0.717) is 12.3 Å². The Bertz CT molecular complexity index is 677. The summed E-state index contributed by atoms with van der Waals surface area (Å²) >= 11 is 0. The number of aryl methyl sites for hydroxylation is 1. The van der Waals surface area contributed by atoms with Crippen molar-refractivity contribution < 1.29 is 4.79 Å². The molecule has 1 N–H and O–H groups in total. The third-order valence-corrected chi connectivity index (χ3v) is 7.08. The predicted octanol–water partition coefficient (Wildman–Crippen LogP) is 3.58. The second-order valence-corrected chi connectivity index (χ2v) is 9.85. The summed E-state index contributed by atoms with van der Waals surface area (Å²) in [5, 5.41) is 7.76. The van der Waals surface area contributed by atoms with E-state index in [9.17, 15) is 4.79 Å². The van der Waals surface area contributed by atoms with Crippen molar-refractivity contribution in [1.82, 2.24) is 24.9 Å². The molecule has 2 aliphatic rings. The van der Waals surface area contributed by atoms with E-state index < -0.39 is 0 Å².